The fourth-order valence-corrected chi connectivity index (χ4v) is 2.37. The summed E-state index contributed by atoms with van der Waals surface area (Å²) in [7, 11) is 0. The Balaban J connectivity index is 1.68. The van der Waals surface area contributed by atoms with E-state index in [1.54, 1.807) is 0 Å². The number of hydrogen-bond donors (Lipinski definition) is 6. The third kappa shape index (κ3) is 6.91. The SMILES string of the molecule is Cc1cccc(NC(=S)NNC(=O)NNC(=S)Nc2cccc(C)c2)c1. The van der Waals surface area contributed by atoms with E-state index < -0.39 is 6.03 Å². The van der Waals surface area contributed by atoms with Crippen LogP contribution in [0.2, 0.25) is 0 Å². The van der Waals surface area contributed by atoms with Crippen LogP contribution in [0.3, 0.4) is 0 Å². The van der Waals surface area contributed by atoms with Gasteiger partial charge in [0.25, 0.3) is 0 Å². The second-order valence-corrected chi connectivity index (χ2v) is 6.29. The van der Waals surface area contributed by atoms with Crippen molar-refractivity contribution in [3.05, 3.63) is 59.7 Å². The van der Waals surface area contributed by atoms with E-state index in [9.17, 15) is 4.79 Å². The van der Waals surface area contributed by atoms with Gasteiger partial charge < -0.3 is 10.6 Å². The molecule has 2 aromatic carbocycles. The van der Waals surface area contributed by atoms with Crippen LogP contribution in [0.4, 0.5) is 16.2 Å². The number of rotatable bonds is 2. The zero-order valence-electron chi connectivity index (χ0n) is 14.3. The smallest absolute Gasteiger partial charge is 0.331 e. The van der Waals surface area contributed by atoms with Crippen LogP contribution in [0.1, 0.15) is 11.1 Å². The van der Waals surface area contributed by atoms with Gasteiger partial charge in [-0.3, -0.25) is 10.9 Å². The lowest BCUT2D eigenvalue weighted by molar-refractivity contribution is 0.237. The highest BCUT2D eigenvalue weighted by Crippen LogP contribution is 2.09. The minimum atomic E-state index is -0.549. The van der Waals surface area contributed by atoms with Crippen LogP contribution in [0.15, 0.2) is 48.5 Å². The number of thiocarbonyl (C=S) groups is 2. The number of aryl methyl sites for hydroxylation is 2. The van der Waals surface area contributed by atoms with Crippen LogP contribution < -0.4 is 32.3 Å². The van der Waals surface area contributed by atoms with Gasteiger partial charge in [-0.25, -0.2) is 15.6 Å². The van der Waals surface area contributed by atoms with Crippen LogP contribution in [-0.4, -0.2) is 16.3 Å². The molecule has 0 saturated heterocycles. The number of hydrogen-bond acceptors (Lipinski definition) is 3. The molecule has 7 nitrogen and oxygen atoms in total. The molecule has 0 aliphatic heterocycles. The van der Waals surface area contributed by atoms with Crippen LogP contribution in [0.25, 0.3) is 0 Å². The number of anilines is 2. The zero-order valence-corrected chi connectivity index (χ0v) is 16.0. The normalized spacial score (nSPS) is 9.62. The molecule has 0 spiro atoms. The van der Waals surface area contributed by atoms with Gasteiger partial charge in [0, 0.05) is 11.4 Å². The Labute approximate surface area is 162 Å². The minimum Gasteiger partial charge on any atom is -0.331 e. The van der Waals surface area contributed by atoms with Gasteiger partial charge in [0.05, 0.1) is 0 Å². The standard InChI is InChI=1S/C17H20N6OS2/c1-11-5-3-7-13(9-11)18-16(25)22-20-15(24)21-23-17(26)19-14-8-4-6-12(2)10-14/h3-10H,1-2H3,(H2,18,22,25)(H2,19,23,26)(H2,20,21,24). The van der Waals surface area contributed by atoms with E-state index in [1.807, 2.05) is 62.4 Å². The van der Waals surface area contributed by atoms with Gasteiger partial charge >= 0.3 is 6.03 Å². The van der Waals surface area contributed by atoms with E-state index in [4.69, 9.17) is 24.4 Å². The maximum absolute atomic E-state index is 11.7. The molecule has 26 heavy (non-hydrogen) atoms. The quantitative estimate of drug-likeness (QED) is 0.348. The molecule has 0 aliphatic carbocycles. The van der Waals surface area contributed by atoms with Crippen LogP contribution in [0, 0.1) is 13.8 Å². The molecule has 2 amide bonds. The molecule has 0 fully saturated rings. The first-order chi connectivity index (χ1) is 12.4. The molecule has 0 aromatic heterocycles. The van der Waals surface area contributed by atoms with Crippen LogP contribution in [-0.2, 0) is 0 Å². The molecule has 0 atom stereocenters. The Bertz CT molecular complexity index is 746. The van der Waals surface area contributed by atoms with Crippen molar-refractivity contribution in [3.63, 3.8) is 0 Å². The number of carbonyl (C=O) groups excluding carboxylic acids is 1. The van der Waals surface area contributed by atoms with Gasteiger partial charge in [-0.15, -0.1) is 0 Å². The molecule has 2 rings (SSSR count). The Hall–Kier alpha value is -2.91. The maximum Gasteiger partial charge on any atom is 0.352 e. The summed E-state index contributed by atoms with van der Waals surface area (Å²) in [5, 5.41) is 6.43. The van der Waals surface area contributed by atoms with Crippen molar-refractivity contribution in [2.45, 2.75) is 13.8 Å². The first kappa shape index (κ1) is 19.4. The van der Waals surface area contributed by atoms with Crippen molar-refractivity contribution < 1.29 is 4.79 Å². The fraction of sp³-hybridized carbons (Fsp3) is 0.118. The van der Waals surface area contributed by atoms with E-state index in [0.29, 0.717) is 0 Å². The van der Waals surface area contributed by atoms with Crippen molar-refractivity contribution in [2.75, 3.05) is 10.6 Å². The number of hydrazine groups is 2. The molecule has 0 aliphatic rings. The van der Waals surface area contributed by atoms with E-state index in [2.05, 4.69) is 32.3 Å². The Morgan fingerprint density at radius 2 is 1.15 bits per heavy atom. The van der Waals surface area contributed by atoms with Crippen molar-refractivity contribution in [3.8, 4) is 0 Å². The average Bonchev–Trinajstić information content (AvgIpc) is 2.58. The molecule has 9 heteroatoms. The van der Waals surface area contributed by atoms with Crippen molar-refractivity contribution >= 4 is 52.1 Å². The second-order valence-electron chi connectivity index (χ2n) is 5.48. The minimum absolute atomic E-state index is 0.256. The molecule has 0 saturated carbocycles. The zero-order chi connectivity index (χ0) is 18.9. The molecular weight excluding hydrogens is 368 g/mol. The third-order valence-corrected chi connectivity index (χ3v) is 3.54. The number of urea groups is 1. The lowest BCUT2D eigenvalue weighted by Crippen LogP contribution is -2.53. The summed E-state index contributed by atoms with van der Waals surface area (Å²) in [5.74, 6) is 0. The lowest BCUT2D eigenvalue weighted by Gasteiger charge is -2.14. The first-order valence-corrected chi connectivity index (χ1v) is 8.57. The first-order valence-electron chi connectivity index (χ1n) is 7.76. The van der Waals surface area contributed by atoms with Crippen LogP contribution in [0.5, 0.6) is 0 Å². The largest absolute Gasteiger partial charge is 0.352 e. The van der Waals surface area contributed by atoms with Crippen LogP contribution >= 0.6 is 24.4 Å². The van der Waals surface area contributed by atoms with Crippen molar-refractivity contribution in [1.82, 2.24) is 21.7 Å². The molecule has 0 unspecified atom stereocenters. The van der Waals surface area contributed by atoms with Crippen molar-refractivity contribution in [1.29, 1.82) is 0 Å². The van der Waals surface area contributed by atoms with Gasteiger partial charge in [-0.05, 0) is 73.7 Å². The summed E-state index contributed by atoms with van der Waals surface area (Å²) in [6.45, 7) is 3.96. The van der Waals surface area contributed by atoms with Crippen molar-refractivity contribution in [2.24, 2.45) is 0 Å². The Morgan fingerprint density at radius 1 is 0.731 bits per heavy atom. The van der Waals surface area contributed by atoms with Gasteiger partial charge in [0.2, 0.25) is 0 Å². The van der Waals surface area contributed by atoms with E-state index in [-0.39, 0.29) is 10.2 Å². The highest BCUT2D eigenvalue weighted by Gasteiger charge is 2.03. The fourth-order valence-electron chi connectivity index (χ4n) is 2.03. The Morgan fingerprint density at radius 3 is 1.54 bits per heavy atom. The molecule has 0 bridgehead atoms. The molecule has 0 radical (unpaired) electrons. The third-order valence-electron chi connectivity index (χ3n) is 3.13. The van der Waals surface area contributed by atoms with Gasteiger partial charge in [0.15, 0.2) is 10.2 Å². The number of amides is 2. The van der Waals surface area contributed by atoms with Gasteiger partial charge in [0.1, 0.15) is 0 Å². The highest BCUT2D eigenvalue weighted by molar-refractivity contribution is 7.80. The van der Waals surface area contributed by atoms with E-state index >= 15 is 0 Å². The number of nitrogens with one attached hydrogen (secondary N) is 6. The summed E-state index contributed by atoms with van der Waals surface area (Å²) in [6.07, 6.45) is 0. The molecule has 136 valence electrons. The summed E-state index contributed by atoms with van der Waals surface area (Å²) in [6, 6.07) is 14.8. The van der Waals surface area contributed by atoms with Gasteiger partial charge in [-0.1, -0.05) is 24.3 Å². The molecule has 0 heterocycles. The predicted molar refractivity (Wildman–Crippen MR) is 113 cm³/mol. The van der Waals surface area contributed by atoms with E-state index in [0.717, 1.165) is 22.5 Å². The number of carbonyl (C=O) groups is 1. The maximum atomic E-state index is 11.7. The summed E-state index contributed by atoms with van der Waals surface area (Å²) in [5.41, 5.74) is 13.8. The summed E-state index contributed by atoms with van der Waals surface area (Å²) >= 11 is 10.2. The van der Waals surface area contributed by atoms with E-state index in [1.165, 1.54) is 0 Å². The predicted octanol–water partition coefficient (Wildman–Crippen LogP) is 2.71. The topological polar surface area (TPSA) is 89.2 Å². The monoisotopic (exact) mass is 388 g/mol. The molecular formula is C17H20N6OS2. The summed E-state index contributed by atoms with van der Waals surface area (Å²) < 4.78 is 0. The molecule has 6 N–H and O–H groups in total. The number of benzene rings is 2. The Kier molecular flexibility index (Phi) is 7.12. The van der Waals surface area contributed by atoms with Gasteiger partial charge in [-0.2, -0.15) is 0 Å². The highest BCUT2D eigenvalue weighted by atomic mass is 32.1. The average molecular weight is 389 g/mol. The molecule has 2 aromatic rings. The summed E-state index contributed by atoms with van der Waals surface area (Å²) in [4.78, 5) is 11.7. The second kappa shape index (κ2) is 9.54. The lowest BCUT2D eigenvalue weighted by atomic mass is 10.2.